The standard InChI is InChI=1S/C13H16ClNO4S/c1-13(2,3)15-20(18,19)11-6-4-9(8-10(11)14)5-7-12(16)17/h4-8,15H,1-3H3,(H,16,17). The second-order valence-corrected chi connectivity index (χ2v) is 7.27. The highest BCUT2D eigenvalue weighted by Gasteiger charge is 2.24. The van der Waals surface area contributed by atoms with Crippen LogP contribution in [0.25, 0.3) is 6.08 Å². The Kier molecular flexibility index (Phi) is 4.96. The Balaban J connectivity index is 3.14. The second-order valence-electron chi connectivity index (χ2n) is 5.22. The second kappa shape index (κ2) is 5.95. The molecule has 0 amide bonds. The van der Waals surface area contributed by atoms with Gasteiger partial charge in [-0.25, -0.2) is 17.9 Å². The van der Waals surface area contributed by atoms with Crippen LogP contribution in [0.3, 0.4) is 0 Å². The number of benzene rings is 1. The molecule has 1 aromatic carbocycles. The van der Waals surface area contributed by atoms with Gasteiger partial charge in [-0.15, -0.1) is 0 Å². The number of carbonyl (C=O) groups is 1. The third-order valence-electron chi connectivity index (χ3n) is 2.10. The number of carboxylic acids is 1. The van der Waals surface area contributed by atoms with Crippen LogP contribution in [0.15, 0.2) is 29.2 Å². The zero-order valence-electron chi connectivity index (χ0n) is 11.3. The predicted octanol–water partition coefficient (Wildman–Crippen LogP) is 2.51. The van der Waals surface area contributed by atoms with Crippen molar-refractivity contribution in [3.8, 4) is 0 Å². The number of hydrogen-bond acceptors (Lipinski definition) is 3. The molecule has 110 valence electrons. The van der Waals surface area contributed by atoms with Crippen LogP contribution in [-0.2, 0) is 14.8 Å². The molecule has 20 heavy (non-hydrogen) atoms. The minimum Gasteiger partial charge on any atom is -0.478 e. The van der Waals surface area contributed by atoms with Crippen molar-refractivity contribution in [1.29, 1.82) is 0 Å². The molecule has 0 atom stereocenters. The third-order valence-corrected chi connectivity index (χ3v) is 4.35. The van der Waals surface area contributed by atoms with Crippen molar-refractivity contribution in [3.63, 3.8) is 0 Å². The summed E-state index contributed by atoms with van der Waals surface area (Å²) < 4.78 is 26.8. The van der Waals surface area contributed by atoms with Gasteiger partial charge in [-0.3, -0.25) is 0 Å². The molecule has 0 saturated carbocycles. The van der Waals surface area contributed by atoms with Crippen molar-refractivity contribution in [1.82, 2.24) is 4.72 Å². The highest BCUT2D eigenvalue weighted by Crippen LogP contribution is 2.24. The topological polar surface area (TPSA) is 83.5 Å². The molecule has 0 unspecified atom stereocenters. The zero-order valence-corrected chi connectivity index (χ0v) is 12.9. The molecule has 2 N–H and O–H groups in total. The Morgan fingerprint density at radius 2 is 1.95 bits per heavy atom. The Morgan fingerprint density at radius 3 is 2.40 bits per heavy atom. The summed E-state index contributed by atoms with van der Waals surface area (Å²) in [6.45, 7) is 5.17. The SMILES string of the molecule is CC(C)(C)NS(=O)(=O)c1ccc(C=CC(=O)O)cc1Cl. The van der Waals surface area contributed by atoms with E-state index < -0.39 is 21.5 Å². The summed E-state index contributed by atoms with van der Waals surface area (Å²) in [6, 6.07) is 4.23. The van der Waals surface area contributed by atoms with Crippen molar-refractivity contribution >= 4 is 33.7 Å². The fourth-order valence-electron chi connectivity index (χ4n) is 1.46. The quantitative estimate of drug-likeness (QED) is 0.836. The summed E-state index contributed by atoms with van der Waals surface area (Å²) in [4.78, 5) is 10.4. The maximum absolute atomic E-state index is 12.1. The molecule has 0 radical (unpaired) electrons. The van der Waals surface area contributed by atoms with Crippen LogP contribution in [0.2, 0.25) is 5.02 Å². The van der Waals surface area contributed by atoms with Gasteiger partial charge in [0, 0.05) is 11.6 Å². The van der Waals surface area contributed by atoms with E-state index in [4.69, 9.17) is 16.7 Å². The molecule has 0 aliphatic heterocycles. The summed E-state index contributed by atoms with van der Waals surface area (Å²) in [5.74, 6) is -1.09. The minimum absolute atomic E-state index is 0.0364. The molecule has 0 fully saturated rings. The van der Waals surface area contributed by atoms with Gasteiger partial charge in [0.05, 0.1) is 5.02 Å². The van der Waals surface area contributed by atoms with Crippen molar-refractivity contribution in [2.75, 3.05) is 0 Å². The fraction of sp³-hybridized carbons (Fsp3) is 0.308. The Bertz CT molecular complexity index is 645. The largest absolute Gasteiger partial charge is 0.478 e. The molecule has 0 bridgehead atoms. The first-order chi connectivity index (χ1) is 9.01. The van der Waals surface area contributed by atoms with E-state index in [1.807, 2.05) is 0 Å². The van der Waals surface area contributed by atoms with Gasteiger partial charge >= 0.3 is 5.97 Å². The van der Waals surface area contributed by atoms with Gasteiger partial charge in [0.25, 0.3) is 0 Å². The van der Waals surface area contributed by atoms with Crippen LogP contribution >= 0.6 is 11.6 Å². The molecule has 1 aromatic rings. The van der Waals surface area contributed by atoms with E-state index in [1.165, 1.54) is 24.3 Å². The van der Waals surface area contributed by atoms with Crippen molar-refractivity contribution in [2.24, 2.45) is 0 Å². The van der Waals surface area contributed by atoms with Crippen LogP contribution in [0, 0.1) is 0 Å². The molecule has 5 nitrogen and oxygen atoms in total. The van der Waals surface area contributed by atoms with Gasteiger partial charge in [-0.05, 0) is 44.5 Å². The monoisotopic (exact) mass is 317 g/mol. The average molecular weight is 318 g/mol. The summed E-state index contributed by atoms with van der Waals surface area (Å²) in [7, 11) is -3.72. The third kappa shape index (κ3) is 4.96. The van der Waals surface area contributed by atoms with E-state index in [1.54, 1.807) is 20.8 Å². The molecule has 0 aliphatic rings. The van der Waals surface area contributed by atoms with E-state index in [0.29, 0.717) is 5.56 Å². The van der Waals surface area contributed by atoms with E-state index in [2.05, 4.69) is 4.72 Å². The first kappa shape index (κ1) is 16.7. The molecule has 0 saturated heterocycles. The lowest BCUT2D eigenvalue weighted by Crippen LogP contribution is -2.40. The molecule has 1 rings (SSSR count). The lowest BCUT2D eigenvalue weighted by molar-refractivity contribution is -0.131. The number of sulfonamides is 1. The first-order valence-corrected chi connectivity index (χ1v) is 7.62. The molecule has 0 spiro atoms. The van der Waals surface area contributed by atoms with E-state index >= 15 is 0 Å². The average Bonchev–Trinajstić information content (AvgIpc) is 2.22. The molecule has 0 aromatic heterocycles. The molecule has 7 heteroatoms. The van der Waals surface area contributed by atoms with Gasteiger partial charge in [0.1, 0.15) is 4.90 Å². The van der Waals surface area contributed by atoms with Crippen LogP contribution in [0.5, 0.6) is 0 Å². The number of hydrogen-bond donors (Lipinski definition) is 2. The Morgan fingerprint density at radius 1 is 1.35 bits per heavy atom. The van der Waals surface area contributed by atoms with Crippen LogP contribution in [0.1, 0.15) is 26.3 Å². The van der Waals surface area contributed by atoms with Gasteiger partial charge in [-0.2, -0.15) is 0 Å². The number of nitrogens with one attached hydrogen (secondary N) is 1. The number of halogens is 1. The maximum Gasteiger partial charge on any atom is 0.328 e. The summed E-state index contributed by atoms with van der Waals surface area (Å²) in [6.07, 6.45) is 2.29. The molecular formula is C13H16ClNO4S. The maximum atomic E-state index is 12.1. The number of carboxylic acid groups (broad SMARTS) is 1. The van der Waals surface area contributed by atoms with Crippen molar-refractivity contribution in [2.45, 2.75) is 31.2 Å². The van der Waals surface area contributed by atoms with Crippen LogP contribution in [-0.4, -0.2) is 25.0 Å². The summed E-state index contributed by atoms with van der Waals surface area (Å²) in [5.41, 5.74) is -0.114. The van der Waals surface area contributed by atoms with E-state index in [-0.39, 0.29) is 9.92 Å². The van der Waals surface area contributed by atoms with Gasteiger partial charge in [-0.1, -0.05) is 17.7 Å². The smallest absolute Gasteiger partial charge is 0.328 e. The first-order valence-electron chi connectivity index (χ1n) is 5.76. The minimum atomic E-state index is -3.72. The molecule has 0 heterocycles. The van der Waals surface area contributed by atoms with Crippen LogP contribution < -0.4 is 4.72 Å². The van der Waals surface area contributed by atoms with Gasteiger partial charge in [0.2, 0.25) is 10.0 Å². The number of aliphatic carboxylic acids is 1. The van der Waals surface area contributed by atoms with Crippen molar-refractivity contribution < 1.29 is 18.3 Å². The number of rotatable bonds is 4. The normalized spacial score (nSPS) is 12.8. The lowest BCUT2D eigenvalue weighted by atomic mass is 10.1. The van der Waals surface area contributed by atoms with Gasteiger partial charge in [0.15, 0.2) is 0 Å². The van der Waals surface area contributed by atoms with Gasteiger partial charge < -0.3 is 5.11 Å². The Hall–Kier alpha value is -1.37. The highest BCUT2D eigenvalue weighted by molar-refractivity contribution is 7.89. The Labute approximate surface area is 123 Å². The molecule has 0 aliphatic carbocycles. The summed E-state index contributed by atoms with van der Waals surface area (Å²) in [5, 5.41) is 8.57. The highest BCUT2D eigenvalue weighted by atomic mass is 35.5. The lowest BCUT2D eigenvalue weighted by Gasteiger charge is -2.20. The van der Waals surface area contributed by atoms with E-state index in [9.17, 15) is 13.2 Å². The molecular weight excluding hydrogens is 302 g/mol. The van der Waals surface area contributed by atoms with Crippen molar-refractivity contribution in [3.05, 3.63) is 34.9 Å². The zero-order chi connectivity index (χ0) is 15.6. The van der Waals surface area contributed by atoms with Crippen LogP contribution in [0.4, 0.5) is 0 Å². The predicted molar refractivity (Wildman–Crippen MR) is 78.2 cm³/mol. The fourth-order valence-corrected chi connectivity index (χ4v) is 3.44. The van der Waals surface area contributed by atoms with E-state index in [0.717, 1.165) is 6.08 Å². The summed E-state index contributed by atoms with van der Waals surface area (Å²) >= 11 is 5.96.